The van der Waals surface area contributed by atoms with Crippen LogP contribution >= 0.6 is 0 Å². The summed E-state index contributed by atoms with van der Waals surface area (Å²) in [6.45, 7) is 0.394. The van der Waals surface area contributed by atoms with E-state index in [4.69, 9.17) is 14.2 Å². The first-order valence-corrected chi connectivity index (χ1v) is 9.65. The highest BCUT2D eigenvalue weighted by atomic mass is 16.5. The molecule has 0 bridgehead atoms. The second kappa shape index (κ2) is 8.33. The predicted octanol–water partition coefficient (Wildman–Crippen LogP) is 4.96. The summed E-state index contributed by atoms with van der Waals surface area (Å²) < 4.78 is 16.9. The Balaban J connectivity index is 1.48. The Kier molecular flexibility index (Phi) is 5.44. The summed E-state index contributed by atoms with van der Waals surface area (Å²) in [5, 5.41) is 0. The van der Waals surface area contributed by atoms with E-state index in [-0.39, 0.29) is 5.78 Å². The minimum Gasteiger partial charge on any atom is -0.497 e. The lowest BCUT2D eigenvalue weighted by molar-refractivity contribution is 0.101. The van der Waals surface area contributed by atoms with Crippen molar-refractivity contribution in [1.29, 1.82) is 0 Å². The summed E-state index contributed by atoms with van der Waals surface area (Å²) in [6, 6.07) is 20.9. The summed E-state index contributed by atoms with van der Waals surface area (Å²) in [4.78, 5) is 14.7. The van der Waals surface area contributed by atoms with Crippen LogP contribution in [-0.2, 0) is 6.61 Å². The van der Waals surface area contributed by atoms with E-state index in [0.29, 0.717) is 29.4 Å². The Morgan fingerprint density at radius 1 is 0.967 bits per heavy atom. The van der Waals surface area contributed by atoms with Crippen LogP contribution in [0.3, 0.4) is 0 Å². The Hall–Kier alpha value is -3.73. The van der Waals surface area contributed by atoms with Crippen molar-refractivity contribution in [2.45, 2.75) is 6.61 Å². The highest BCUT2D eigenvalue weighted by Gasteiger charge is 2.27. The molecule has 1 aliphatic rings. The molecule has 0 atom stereocenters. The van der Waals surface area contributed by atoms with Crippen molar-refractivity contribution >= 4 is 17.5 Å². The first-order valence-electron chi connectivity index (χ1n) is 9.65. The topological polar surface area (TPSA) is 48.0 Å². The van der Waals surface area contributed by atoms with Gasteiger partial charge in [-0.05, 0) is 53.6 Å². The van der Waals surface area contributed by atoms with Crippen LogP contribution in [0.4, 0.5) is 5.69 Å². The van der Waals surface area contributed by atoms with E-state index < -0.39 is 0 Å². The number of rotatable bonds is 6. The maximum absolute atomic E-state index is 12.7. The molecule has 0 saturated carbocycles. The van der Waals surface area contributed by atoms with Gasteiger partial charge in [-0.2, -0.15) is 0 Å². The van der Waals surface area contributed by atoms with Gasteiger partial charge in [-0.25, -0.2) is 0 Å². The average molecular weight is 401 g/mol. The Morgan fingerprint density at radius 3 is 2.50 bits per heavy atom. The standard InChI is InChI=1S/C25H23NO4/c1-26(2)19-9-7-17(8-10-19)14-24-25(27)22-12-11-21(15-23(22)30-24)29-16-18-5-4-6-20(13-18)28-3/h4-15H,16H2,1-3H3/b24-14-. The largest absolute Gasteiger partial charge is 0.497 e. The highest BCUT2D eigenvalue weighted by molar-refractivity contribution is 6.14. The van der Waals surface area contributed by atoms with Crippen molar-refractivity contribution in [2.75, 3.05) is 26.1 Å². The van der Waals surface area contributed by atoms with Gasteiger partial charge in [0.2, 0.25) is 5.78 Å². The number of benzene rings is 3. The molecule has 0 radical (unpaired) electrons. The Labute approximate surface area is 176 Å². The van der Waals surface area contributed by atoms with E-state index in [1.807, 2.05) is 67.5 Å². The quantitative estimate of drug-likeness (QED) is 0.547. The number of hydrogen-bond donors (Lipinski definition) is 0. The summed E-state index contributed by atoms with van der Waals surface area (Å²) in [5.74, 6) is 2.13. The van der Waals surface area contributed by atoms with Crippen molar-refractivity contribution in [2.24, 2.45) is 0 Å². The van der Waals surface area contributed by atoms with E-state index in [1.165, 1.54) is 0 Å². The second-order valence-corrected chi connectivity index (χ2v) is 7.22. The van der Waals surface area contributed by atoms with Gasteiger partial charge < -0.3 is 19.1 Å². The van der Waals surface area contributed by atoms with Gasteiger partial charge in [-0.3, -0.25) is 4.79 Å². The molecular weight excluding hydrogens is 378 g/mol. The van der Waals surface area contributed by atoms with E-state index in [2.05, 4.69) is 0 Å². The maximum atomic E-state index is 12.7. The molecule has 5 heteroatoms. The van der Waals surface area contributed by atoms with Gasteiger partial charge in [0.15, 0.2) is 5.76 Å². The van der Waals surface area contributed by atoms with E-state index in [1.54, 1.807) is 31.4 Å². The molecule has 30 heavy (non-hydrogen) atoms. The fourth-order valence-electron chi connectivity index (χ4n) is 3.21. The monoisotopic (exact) mass is 401 g/mol. The molecule has 1 aliphatic heterocycles. The Bertz CT molecular complexity index is 1100. The van der Waals surface area contributed by atoms with Gasteiger partial charge in [0.05, 0.1) is 12.7 Å². The molecular formula is C25H23NO4. The van der Waals surface area contributed by atoms with Crippen LogP contribution in [0.5, 0.6) is 17.2 Å². The zero-order chi connectivity index (χ0) is 21.1. The number of nitrogens with zero attached hydrogens (tertiary/aromatic N) is 1. The second-order valence-electron chi connectivity index (χ2n) is 7.22. The number of anilines is 1. The summed E-state index contributed by atoms with van der Waals surface area (Å²) in [7, 11) is 5.61. The van der Waals surface area contributed by atoms with Crippen molar-refractivity contribution in [3.8, 4) is 17.2 Å². The van der Waals surface area contributed by atoms with Crippen molar-refractivity contribution < 1.29 is 19.0 Å². The molecule has 0 N–H and O–H groups in total. The number of allylic oxidation sites excluding steroid dienone is 1. The number of hydrogen-bond acceptors (Lipinski definition) is 5. The average Bonchev–Trinajstić information content (AvgIpc) is 3.07. The van der Waals surface area contributed by atoms with Crippen LogP contribution in [0.25, 0.3) is 6.08 Å². The first kappa shape index (κ1) is 19.6. The lowest BCUT2D eigenvalue weighted by Crippen LogP contribution is -2.08. The summed E-state index contributed by atoms with van der Waals surface area (Å²) in [5.41, 5.74) is 3.54. The molecule has 1 heterocycles. The zero-order valence-electron chi connectivity index (χ0n) is 17.2. The van der Waals surface area contributed by atoms with Gasteiger partial charge in [0.1, 0.15) is 23.9 Å². The fraction of sp³-hybridized carbons (Fsp3) is 0.160. The summed E-state index contributed by atoms with van der Waals surface area (Å²) in [6.07, 6.45) is 1.76. The van der Waals surface area contributed by atoms with E-state index in [9.17, 15) is 4.79 Å². The zero-order valence-corrected chi connectivity index (χ0v) is 17.2. The number of carbonyl (C=O) groups excluding carboxylic acids is 1. The Morgan fingerprint density at radius 2 is 1.77 bits per heavy atom. The lowest BCUT2D eigenvalue weighted by atomic mass is 10.1. The number of fused-ring (bicyclic) bond motifs is 1. The summed E-state index contributed by atoms with van der Waals surface area (Å²) >= 11 is 0. The number of methoxy groups -OCH3 is 1. The van der Waals surface area contributed by atoms with Crippen LogP contribution in [0.1, 0.15) is 21.5 Å². The van der Waals surface area contributed by atoms with E-state index >= 15 is 0 Å². The number of carbonyl (C=O) groups is 1. The molecule has 0 unspecified atom stereocenters. The van der Waals surface area contributed by atoms with Crippen molar-refractivity contribution in [3.05, 3.63) is 89.2 Å². The normalized spacial score (nSPS) is 13.7. The van der Waals surface area contributed by atoms with Gasteiger partial charge in [-0.15, -0.1) is 0 Å². The van der Waals surface area contributed by atoms with Crippen LogP contribution in [-0.4, -0.2) is 27.0 Å². The molecule has 0 saturated heterocycles. The fourth-order valence-corrected chi connectivity index (χ4v) is 3.21. The smallest absolute Gasteiger partial charge is 0.231 e. The molecule has 0 aliphatic carbocycles. The minimum absolute atomic E-state index is 0.124. The molecule has 0 amide bonds. The molecule has 3 aromatic rings. The number of ketones is 1. The van der Waals surface area contributed by atoms with Gasteiger partial charge in [-0.1, -0.05) is 24.3 Å². The van der Waals surface area contributed by atoms with Gasteiger partial charge >= 0.3 is 0 Å². The lowest BCUT2D eigenvalue weighted by Gasteiger charge is -2.11. The third-order valence-corrected chi connectivity index (χ3v) is 4.89. The predicted molar refractivity (Wildman–Crippen MR) is 117 cm³/mol. The van der Waals surface area contributed by atoms with Gasteiger partial charge in [0.25, 0.3) is 0 Å². The molecule has 0 aromatic heterocycles. The molecule has 152 valence electrons. The van der Waals surface area contributed by atoms with Crippen LogP contribution in [0.15, 0.2) is 72.5 Å². The first-order chi connectivity index (χ1) is 14.5. The minimum atomic E-state index is -0.124. The number of Topliss-reactive ketones (excluding diaryl/α,β-unsaturated/α-hetero) is 1. The van der Waals surface area contributed by atoms with Crippen LogP contribution < -0.4 is 19.1 Å². The molecule has 5 nitrogen and oxygen atoms in total. The van der Waals surface area contributed by atoms with Crippen LogP contribution in [0, 0.1) is 0 Å². The third kappa shape index (κ3) is 4.15. The third-order valence-electron chi connectivity index (χ3n) is 4.89. The molecule has 3 aromatic carbocycles. The maximum Gasteiger partial charge on any atom is 0.231 e. The van der Waals surface area contributed by atoms with Crippen LogP contribution in [0.2, 0.25) is 0 Å². The van der Waals surface area contributed by atoms with E-state index in [0.717, 1.165) is 22.6 Å². The SMILES string of the molecule is COc1cccc(COc2ccc3c(c2)O/C(=C\c2ccc(N(C)C)cc2)C3=O)c1. The molecule has 0 spiro atoms. The highest BCUT2D eigenvalue weighted by Crippen LogP contribution is 2.35. The number of ether oxygens (including phenoxy) is 3. The van der Waals surface area contributed by atoms with Crippen molar-refractivity contribution in [3.63, 3.8) is 0 Å². The molecule has 0 fully saturated rings. The van der Waals surface area contributed by atoms with Crippen molar-refractivity contribution in [1.82, 2.24) is 0 Å². The van der Waals surface area contributed by atoms with Gasteiger partial charge in [0, 0.05) is 25.8 Å². The molecule has 4 rings (SSSR count).